The van der Waals surface area contributed by atoms with E-state index in [4.69, 9.17) is 9.47 Å². The lowest BCUT2D eigenvalue weighted by molar-refractivity contribution is -0.118. The number of carbonyl (C=O) groups is 2. The van der Waals surface area contributed by atoms with Crippen molar-refractivity contribution in [2.45, 2.75) is 38.9 Å². The number of rotatable bonds is 6. The Balaban J connectivity index is 1.26. The molecule has 8 heteroatoms. The van der Waals surface area contributed by atoms with Crippen molar-refractivity contribution in [1.29, 1.82) is 0 Å². The molecule has 2 amide bonds. The van der Waals surface area contributed by atoms with Gasteiger partial charge in [-0.25, -0.2) is 4.98 Å². The van der Waals surface area contributed by atoms with Gasteiger partial charge in [0.1, 0.15) is 11.6 Å². The largest absolute Gasteiger partial charge is 0.484 e. The Bertz CT molecular complexity index is 906. The van der Waals surface area contributed by atoms with Gasteiger partial charge in [0.15, 0.2) is 6.61 Å². The summed E-state index contributed by atoms with van der Waals surface area (Å²) in [7, 11) is 0. The number of ether oxygens (including phenoxy) is 2. The Morgan fingerprint density at radius 3 is 2.52 bits per heavy atom. The Kier molecular flexibility index (Phi) is 6.36. The lowest BCUT2D eigenvalue weighted by Crippen LogP contribution is -2.45. The summed E-state index contributed by atoms with van der Waals surface area (Å²) in [6.07, 6.45) is 3.45. The van der Waals surface area contributed by atoms with E-state index in [1.807, 2.05) is 24.3 Å². The van der Waals surface area contributed by atoms with Crippen molar-refractivity contribution >= 4 is 29.0 Å². The fourth-order valence-electron chi connectivity index (χ4n) is 4.00. The Hall–Kier alpha value is -3.13. The molecule has 4 rings (SSSR count). The number of benzene rings is 1. The van der Waals surface area contributed by atoms with Crippen molar-refractivity contribution in [3.8, 4) is 5.75 Å². The number of anilines is 3. The summed E-state index contributed by atoms with van der Waals surface area (Å²) >= 11 is 0. The molecule has 0 bridgehead atoms. The topological polar surface area (TPSA) is 84.0 Å². The standard InChI is InChI=1S/C23H28N4O4/c1-16-13-26(14-17(2)31-16)21-10-5-18(12-24-21)25-22(28)15-30-20-8-6-19(7-9-20)27-11-3-4-23(27)29/h5-10,12,16-17H,3-4,11,13-15H2,1-2H3,(H,25,28). The van der Waals surface area contributed by atoms with Crippen LogP contribution in [0.3, 0.4) is 0 Å². The first-order valence-corrected chi connectivity index (χ1v) is 10.7. The molecule has 2 aliphatic rings. The molecule has 2 unspecified atom stereocenters. The number of pyridine rings is 1. The van der Waals surface area contributed by atoms with E-state index < -0.39 is 0 Å². The molecule has 0 radical (unpaired) electrons. The molecule has 2 atom stereocenters. The molecule has 1 aromatic carbocycles. The zero-order valence-corrected chi connectivity index (χ0v) is 17.9. The minimum absolute atomic E-state index is 0.109. The molecule has 8 nitrogen and oxygen atoms in total. The van der Waals surface area contributed by atoms with Gasteiger partial charge in [0.05, 0.1) is 24.1 Å². The van der Waals surface area contributed by atoms with Crippen LogP contribution in [0.15, 0.2) is 42.6 Å². The Morgan fingerprint density at radius 2 is 1.90 bits per heavy atom. The monoisotopic (exact) mass is 424 g/mol. The van der Waals surface area contributed by atoms with Crippen LogP contribution in [0.2, 0.25) is 0 Å². The first-order valence-electron chi connectivity index (χ1n) is 10.7. The summed E-state index contributed by atoms with van der Waals surface area (Å²) in [6, 6.07) is 11.0. The van der Waals surface area contributed by atoms with E-state index in [0.29, 0.717) is 17.9 Å². The number of aromatic nitrogens is 1. The summed E-state index contributed by atoms with van der Waals surface area (Å²) in [5.74, 6) is 1.33. The maximum absolute atomic E-state index is 12.2. The van der Waals surface area contributed by atoms with Crippen LogP contribution in [0.1, 0.15) is 26.7 Å². The smallest absolute Gasteiger partial charge is 0.262 e. The zero-order valence-electron chi connectivity index (χ0n) is 17.9. The zero-order chi connectivity index (χ0) is 21.8. The molecule has 2 saturated heterocycles. The first-order chi connectivity index (χ1) is 15.0. The highest BCUT2D eigenvalue weighted by atomic mass is 16.5. The maximum atomic E-state index is 12.2. The third kappa shape index (κ3) is 5.32. The molecule has 2 fully saturated rings. The number of hydrogen-bond donors (Lipinski definition) is 1. The number of carbonyl (C=O) groups excluding carboxylic acids is 2. The molecule has 1 aromatic heterocycles. The van der Waals surface area contributed by atoms with Gasteiger partial charge < -0.3 is 24.6 Å². The van der Waals surface area contributed by atoms with Crippen molar-refractivity contribution in [2.75, 3.05) is 41.4 Å². The van der Waals surface area contributed by atoms with E-state index in [1.165, 1.54) is 0 Å². The molecule has 164 valence electrons. The van der Waals surface area contributed by atoms with Crippen LogP contribution in [0.4, 0.5) is 17.2 Å². The van der Waals surface area contributed by atoms with E-state index in [2.05, 4.69) is 29.0 Å². The van der Waals surface area contributed by atoms with Crippen molar-refractivity contribution in [3.63, 3.8) is 0 Å². The predicted octanol–water partition coefficient (Wildman–Crippen LogP) is 2.84. The highest BCUT2D eigenvalue weighted by Gasteiger charge is 2.23. The average molecular weight is 425 g/mol. The second kappa shape index (κ2) is 9.34. The number of nitrogens with one attached hydrogen (secondary N) is 1. The van der Waals surface area contributed by atoms with Crippen molar-refractivity contribution < 1.29 is 19.1 Å². The predicted molar refractivity (Wildman–Crippen MR) is 119 cm³/mol. The lowest BCUT2D eigenvalue weighted by Gasteiger charge is -2.36. The van der Waals surface area contributed by atoms with Gasteiger partial charge in [-0.2, -0.15) is 0 Å². The van der Waals surface area contributed by atoms with E-state index >= 15 is 0 Å². The molecule has 2 aromatic rings. The van der Waals surface area contributed by atoms with Crippen LogP contribution in [-0.2, 0) is 14.3 Å². The van der Waals surface area contributed by atoms with Gasteiger partial charge in [0.25, 0.3) is 5.91 Å². The Morgan fingerprint density at radius 1 is 1.16 bits per heavy atom. The molecule has 2 aliphatic heterocycles. The number of morpholine rings is 1. The second-order valence-corrected chi connectivity index (χ2v) is 8.05. The SMILES string of the molecule is CC1CN(c2ccc(NC(=O)COc3ccc(N4CCCC4=O)cc3)cn2)CC(C)O1. The molecular weight excluding hydrogens is 396 g/mol. The molecule has 0 saturated carbocycles. The molecule has 0 aliphatic carbocycles. The number of amides is 2. The number of nitrogens with zero attached hydrogens (tertiary/aromatic N) is 3. The summed E-state index contributed by atoms with van der Waals surface area (Å²) in [4.78, 5) is 32.5. The summed E-state index contributed by atoms with van der Waals surface area (Å²) in [5, 5.41) is 2.80. The molecule has 31 heavy (non-hydrogen) atoms. The maximum Gasteiger partial charge on any atom is 0.262 e. The van der Waals surface area contributed by atoms with E-state index in [0.717, 1.165) is 37.6 Å². The van der Waals surface area contributed by atoms with Crippen molar-refractivity contribution in [2.24, 2.45) is 0 Å². The van der Waals surface area contributed by atoms with Gasteiger partial charge in [-0.05, 0) is 56.7 Å². The van der Waals surface area contributed by atoms with Crippen LogP contribution >= 0.6 is 0 Å². The average Bonchev–Trinajstić information content (AvgIpc) is 3.18. The van der Waals surface area contributed by atoms with Crippen LogP contribution in [0, 0.1) is 0 Å². The van der Waals surface area contributed by atoms with Crippen LogP contribution < -0.4 is 19.9 Å². The van der Waals surface area contributed by atoms with E-state index in [-0.39, 0.29) is 30.6 Å². The summed E-state index contributed by atoms with van der Waals surface area (Å²) in [5.41, 5.74) is 1.48. The van der Waals surface area contributed by atoms with Gasteiger partial charge >= 0.3 is 0 Å². The molecule has 0 spiro atoms. The fourth-order valence-corrected chi connectivity index (χ4v) is 4.00. The fraction of sp³-hybridized carbons (Fsp3) is 0.435. The van der Waals surface area contributed by atoms with Gasteiger partial charge in [-0.1, -0.05) is 0 Å². The lowest BCUT2D eigenvalue weighted by atomic mass is 10.2. The minimum atomic E-state index is -0.262. The normalized spacial score (nSPS) is 21.3. The molecule has 1 N–H and O–H groups in total. The van der Waals surface area contributed by atoms with E-state index in [9.17, 15) is 9.59 Å². The van der Waals surface area contributed by atoms with Crippen LogP contribution in [0.25, 0.3) is 0 Å². The third-order valence-corrected chi connectivity index (χ3v) is 5.37. The molecule has 3 heterocycles. The quantitative estimate of drug-likeness (QED) is 0.768. The van der Waals surface area contributed by atoms with Crippen molar-refractivity contribution in [3.05, 3.63) is 42.6 Å². The third-order valence-electron chi connectivity index (χ3n) is 5.37. The first kappa shape index (κ1) is 21.1. The van der Waals surface area contributed by atoms with Gasteiger partial charge in [0, 0.05) is 31.7 Å². The highest BCUT2D eigenvalue weighted by Crippen LogP contribution is 2.24. The summed E-state index contributed by atoms with van der Waals surface area (Å²) < 4.78 is 11.3. The van der Waals surface area contributed by atoms with Gasteiger partial charge in [-0.15, -0.1) is 0 Å². The number of hydrogen-bond acceptors (Lipinski definition) is 6. The summed E-state index contributed by atoms with van der Waals surface area (Å²) in [6.45, 7) is 6.33. The van der Waals surface area contributed by atoms with Crippen molar-refractivity contribution in [1.82, 2.24) is 4.98 Å². The Labute approximate surface area is 182 Å². The highest BCUT2D eigenvalue weighted by molar-refractivity contribution is 5.95. The van der Waals surface area contributed by atoms with Gasteiger partial charge in [-0.3, -0.25) is 9.59 Å². The van der Waals surface area contributed by atoms with Crippen LogP contribution in [0.5, 0.6) is 5.75 Å². The molecular formula is C23H28N4O4. The van der Waals surface area contributed by atoms with Gasteiger partial charge in [0.2, 0.25) is 5.91 Å². The van der Waals surface area contributed by atoms with Crippen LogP contribution in [-0.4, -0.2) is 55.2 Å². The second-order valence-electron chi connectivity index (χ2n) is 8.05. The minimum Gasteiger partial charge on any atom is -0.484 e. The van der Waals surface area contributed by atoms with E-state index in [1.54, 1.807) is 23.2 Å².